The van der Waals surface area contributed by atoms with Gasteiger partial charge in [0.25, 0.3) is 4.83 Å². The molecule has 0 bridgehead atoms. The van der Waals surface area contributed by atoms with Crippen LogP contribution >= 0.6 is 11.3 Å². The first-order valence-corrected chi connectivity index (χ1v) is 5.86. The van der Waals surface area contributed by atoms with E-state index in [2.05, 4.69) is 54.9 Å². The van der Waals surface area contributed by atoms with Crippen molar-refractivity contribution in [2.24, 2.45) is 7.05 Å². The van der Waals surface area contributed by atoms with Gasteiger partial charge in [-0.1, -0.05) is 29.5 Å². The summed E-state index contributed by atoms with van der Waals surface area (Å²) in [5.41, 5.74) is 1.30. The minimum Gasteiger partial charge on any atom is -0.190 e. The lowest BCUT2D eigenvalue weighted by Crippen LogP contribution is -2.31. The molecule has 0 radical (unpaired) electrons. The zero-order valence-electron chi connectivity index (χ0n) is 8.82. The molecule has 74 valence electrons. The summed E-state index contributed by atoms with van der Waals surface area (Å²) in [5, 5.41) is 2.73. The molecule has 2 heterocycles. The Hall–Kier alpha value is -1.41. The van der Waals surface area contributed by atoms with E-state index in [0.29, 0.717) is 0 Å². The molecule has 0 aliphatic heterocycles. The van der Waals surface area contributed by atoms with Crippen LogP contribution in [0.4, 0.5) is 0 Å². The second-order valence-electron chi connectivity index (χ2n) is 3.85. The van der Waals surface area contributed by atoms with Gasteiger partial charge in [-0.15, -0.1) is 0 Å². The predicted octanol–water partition coefficient (Wildman–Crippen LogP) is 3.19. The van der Waals surface area contributed by atoms with Crippen molar-refractivity contribution in [3.05, 3.63) is 42.1 Å². The highest BCUT2D eigenvalue weighted by molar-refractivity contribution is 7.25. The normalized spacial score (nSPS) is 11.3. The van der Waals surface area contributed by atoms with E-state index in [1.54, 1.807) is 0 Å². The Morgan fingerprint density at radius 3 is 2.67 bits per heavy atom. The Morgan fingerprint density at radius 2 is 1.80 bits per heavy atom. The number of benzene rings is 1. The van der Waals surface area contributed by atoms with E-state index in [-0.39, 0.29) is 0 Å². The zero-order valence-corrected chi connectivity index (χ0v) is 9.64. The molecule has 2 aromatic heterocycles. The van der Waals surface area contributed by atoms with Crippen LogP contribution in [0, 0.1) is 6.92 Å². The first-order chi connectivity index (χ1) is 7.27. The van der Waals surface area contributed by atoms with E-state index in [1.807, 2.05) is 11.3 Å². The average molecular weight is 214 g/mol. The van der Waals surface area contributed by atoms with E-state index >= 15 is 0 Å². The van der Waals surface area contributed by atoms with Crippen molar-refractivity contribution in [1.82, 2.24) is 0 Å². The van der Waals surface area contributed by atoms with Crippen molar-refractivity contribution in [3.8, 4) is 0 Å². The van der Waals surface area contributed by atoms with Gasteiger partial charge in [0.2, 0.25) is 0 Å². The summed E-state index contributed by atoms with van der Waals surface area (Å²) in [6.07, 6.45) is 0. The Labute approximate surface area is 92.6 Å². The molecule has 1 aromatic carbocycles. The van der Waals surface area contributed by atoms with E-state index in [4.69, 9.17) is 0 Å². The summed E-state index contributed by atoms with van der Waals surface area (Å²) in [4.78, 5) is 1.36. The third-order valence-electron chi connectivity index (χ3n) is 2.94. The molecule has 0 aliphatic rings. The fourth-order valence-electron chi connectivity index (χ4n) is 1.94. The molecule has 0 N–H and O–H groups in total. The third kappa shape index (κ3) is 1.18. The summed E-state index contributed by atoms with van der Waals surface area (Å²) in [6, 6.07) is 13.0. The molecule has 0 spiro atoms. The summed E-state index contributed by atoms with van der Waals surface area (Å²) in [6.45, 7) is 2.14. The zero-order chi connectivity index (χ0) is 10.4. The minimum absolute atomic E-state index is 1.30. The van der Waals surface area contributed by atoms with Crippen LogP contribution in [0.1, 0.15) is 5.69 Å². The molecule has 0 saturated carbocycles. The number of rotatable bonds is 0. The lowest BCUT2D eigenvalue weighted by molar-refractivity contribution is -0.649. The van der Waals surface area contributed by atoms with Gasteiger partial charge in [0, 0.05) is 23.1 Å². The first-order valence-electron chi connectivity index (χ1n) is 5.04. The third-order valence-corrected chi connectivity index (χ3v) is 4.20. The Balaban J connectivity index is 2.60. The second kappa shape index (κ2) is 3.04. The fraction of sp³-hybridized carbons (Fsp3) is 0.154. The van der Waals surface area contributed by atoms with Gasteiger partial charge >= 0.3 is 0 Å². The summed E-state index contributed by atoms with van der Waals surface area (Å²) < 4.78 is 3.63. The van der Waals surface area contributed by atoms with Crippen LogP contribution in [0.3, 0.4) is 0 Å². The van der Waals surface area contributed by atoms with Gasteiger partial charge in [0.05, 0.1) is 5.39 Å². The van der Waals surface area contributed by atoms with Gasteiger partial charge in [-0.2, -0.15) is 4.57 Å². The van der Waals surface area contributed by atoms with Crippen molar-refractivity contribution in [3.63, 3.8) is 0 Å². The Kier molecular flexibility index (Phi) is 1.80. The highest BCUT2D eigenvalue weighted by Gasteiger charge is 2.13. The highest BCUT2D eigenvalue weighted by atomic mass is 32.1. The first kappa shape index (κ1) is 8.86. The standard InChI is InChI=1S/C13H12NS/c1-9-7-8-11-10-5-3-4-6-12(10)15-13(11)14(9)2/h3-8H,1-2H3/q+1. The summed E-state index contributed by atoms with van der Waals surface area (Å²) in [7, 11) is 2.13. The SMILES string of the molecule is Cc1ccc2c3ccccc3sc2[n+]1C. The molecule has 0 saturated heterocycles. The number of nitrogens with zero attached hydrogens (tertiary/aromatic N) is 1. The molecule has 0 atom stereocenters. The van der Waals surface area contributed by atoms with Crippen LogP contribution < -0.4 is 4.57 Å². The molecule has 2 heteroatoms. The number of aromatic nitrogens is 1. The van der Waals surface area contributed by atoms with Gasteiger partial charge in [-0.3, -0.25) is 0 Å². The molecule has 3 rings (SSSR count). The molecule has 1 nitrogen and oxygen atoms in total. The second-order valence-corrected chi connectivity index (χ2v) is 4.88. The number of thiophene rings is 1. The highest BCUT2D eigenvalue weighted by Crippen LogP contribution is 2.31. The summed E-state index contributed by atoms with van der Waals surface area (Å²) >= 11 is 1.87. The maximum absolute atomic E-state index is 2.26. The van der Waals surface area contributed by atoms with E-state index < -0.39 is 0 Å². The quantitative estimate of drug-likeness (QED) is 0.506. The number of hydrogen-bond donors (Lipinski definition) is 0. The molecule has 15 heavy (non-hydrogen) atoms. The Bertz CT molecular complexity index is 652. The van der Waals surface area contributed by atoms with Crippen LogP contribution in [-0.4, -0.2) is 0 Å². The molecule has 0 fully saturated rings. The van der Waals surface area contributed by atoms with Crippen LogP contribution in [0.25, 0.3) is 20.3 Å². The maximum atomic E-state index is 2.26. The number of aryl methyl sites for hydroxylation is 2. The van der Waals surface area contributed by atoms with E-state index in [0.717, 1.165) is 0 Å². The van der Waals surface area contributed by atoms with Crippen LogP contribution in [0.15, 0.2) is 36.4 Å². The van der Waals surface area contributed by atoms with Crippen LogP contribution in [-0.2, 0) is 7.05 Å². The molecule has 0 amide bonds. The van der Waals surface area contributed by atoms with Gasteiger partial charge in [-0.05, 0) is 12.1 Å². The number of hydrogen-bond acceptors (Lipinski definition) is 1. The molecular weight excluding hydrogens is 202 g/mol. The molecule has 3 aromatic rings. The largest absolute Gasteiger partial charge is 0.269 e. The average Bonchev–Trinajstić information content (AvgIpc) is 2.63. The lowest BCUT2D eigenvalue weighted by atomic mass is 10.2. The van der Waals surface area contributed by atoms with Crippen molar-refractivity contribution in [1.29, 1.82) is 0 Å². The van der Waals surface area contributed by atoms with E-state index in [1.165, 1.54) is 26.0 Å². The lowest BCUT2D eigenvalue weighted by Gasteiger charge is -1.93. The molecule has 0 aliphatic carbocycles. The van der Waals surface area contributed by atoms with Crippen molar-refractivity contribution in [2.45, 2.75) is 6.92 Å². The summed E-state index contributed by atoms with van der Waals surface area (Å²) in [5.74, 6) is 0. The number of pyridine rings is 1. The van der Waals surface area contributed by atoms with Crippen molar-refractivity contribution in [2.75, 3.05) is 0 Å². The van der Waals surface area contributed by atoms with Gasteiger partial charge in [0.15, 0.2) is 5.69 Å². The topological polar surface area (TPSA) is 3.88 Å². The Morgan fingerprint density at radius 1 is 1.00 bits per heavy atom. The minimum atomic E-state index is 1.30. The predicted molar refractivity (Wildman–Crippen MR) is 65.2 cm³/mol. The van der Waals surface area contributed by atoms with Crippen molar-refractivity contribution < 1.29 is 4.57 Å². The fourth-order valence-corrected chi connectivity index (χ4v) is 3.15. The molecular formula is C13H12NS+. The van der Waals surface area contributed by atoms with E-state index in [9.17, 15) is 0 Å². The molecule has 0 unspecified atom stereocenters. The van der Waals surface area contributed by atoms with Gasteiger partial charge in [-0.25, -0.2) is 0 Å². The maximum Gasteiger partial charge on any atom is 0.269 e. The van der Waals surface area contributed by atoms with Crippen LogP contribution in [0.2, 0.25) is 0 Å². The van der Waals surface area contributed by atoms with Gasteiger partial charge < -0.3 is 0 Å². The smallest absolute Gasteiger partial charge is 0.190 e. The monoisotopic (exact) mass is 214 g/mol. The van der Waals surface area contributed by atoms with Crippen molar-refractivity contribution >= 4 is 31.6 Å². The number of fused-ring (bicyclic) bond motifs is 3. The van der Waals surface area contributed by atoms with Crippen LogP contribution in [0.5, 0.6) is 0 Å². The van der Waals surface area contributed by atoms with Gasteiger partial charge in [0.1, 0.15) is 7.05 Å².